The Morgan fingerprint density at radius 2 is 1.43 bits per heavy atom. The van der Waals surface area contributed by atoms with Crippen molar-refractivity contribution in [2.24, 2.45) is 0 Å². The molecule has 0 radical (unpaired) electrons. The Bertz CT molecular complexity index is 47.3. The molecule has 0 aromatic heterocycles. The maximum absolute atomic E-state index is 8.56. The van der Waals surface area contributed by atoms with Gasteiger partial charge in [0.2, 0.25) is 0 Å². The fourth-order valence-electron chi connectivity index (χ4n) is 0. The second-order valence-electron chi connectivity index (χ2n) is 0.283. The Labute approximate surface area is 64.8 Å². The molecule has 0 heterocycles. The first-order chi connectivity index (χ1) is 2.73. The summed E-state index contributed by atoms with van der Waals surface area (Å²) in [4.78, 5) is 8.56. The average Bonchev–Trinajstić information content (AvgIpc) is 1.41. The molecule has 0 aromatic carbocycles. The van der Waals surface area contributed by atoms with E-state index >= 15 is 0 Å². The Balaban J connectivity index is -0.0000000183. The van der Waals surface area contributed by atoms with Gasteiger partial charge in [-0.3, -0.25) is 0 Å². The Morgan fingerprint density at radius 3 is 1.43 bits per heavy atom. The minimum atomic E-state index is -1.83. The molecule has 0 aliphatic carbocycles. The van der Waals surface area contributed by atoms with Crippen LogP contribution in [0.4, 0.5) is 4.79 Å². The van der Waals surface area contributed by atoms with Crippen LogP contribution in [0.5, 0.6) is 0 Å². The fourth-order valence-corrected chi connectivity index (χ4v) is 0. The monoisotopic (exact) mass is 270 g/mol. The van der Waals surface area contributed by atoms with Gasteiger partial charge in [-0.2, -0.15) is 0 Å². The van der Waals surface area contributed by atoms with Crippen LogP contribution in [0.3, 0.4) is 0 Å². The normalized spacial score (nSPS) is 4.00. The van der Waals surface area contributed by atoms with Gasteiger partial charge in [-0.15, -0.1) is 0 Å². The van der Waals surface area contributed by atoms with Gasteiger partial charge in [0, 0.05) is 0 Å². The van der Waals surface area contributed by atoms with E-state index in [4.69, 9.17) is 18.4 Å². The van der Waals surface area contributed by atoms with Gasteiger partial charge in [0.15, 0.2) is 0 Å². The predicted octanol–water partition coefficient (Wildman–Crippen LogP) is -2.78. The standard InChI is InChI=1S/CH2O3.Li.O.W.H/c2-1(3)4;;;;/h(H2,2,3,4);;;;/q;+1;;;-1. The first-order valence-electron chi connectivity index (χ1n) is 0.818. The second-order valence-corrected chi connectivity index (χ2v) is 0.283. The van der Waals surface area contributed by atoms with Crippen molar-refractivity contribution < 1.29 is 58.5 Å². The zero-order valence-corrected chi connectivity index (χ0v) is 6.55. The number of rotatable bonds is 0. The van der Waals surface area contributed by atoms with E-state index in [1.54, 1.807) is 0 Å². The van der Waals surface area contributed by atoms with E-state index in [0.717, 1.165) is 0 Å². The molecule has 0 atom stereocenters. The molecule has 0 aliphatic rings. The summed E-state index contributed by atoms with van der Waals surface area (Å²) in [5.41, 5.74) is 0. The van der Waals surface area contributed by atoms with Crippen molar-refractivity contribution in [3.05, 3.63) is 0 Å². The van der Waals surface area contributed by atoms with E-state index in [0.29, 0.717) is 19.8 Å². The van der Waals surface area contributed by atoms with E-state index in [9.17, 15) is 0 Å². The van der Waals surface area contributed by atoms with Crippen LogP contribution in [0.25, 0.3) is 0 Å². The van der Waals surface area contributed by atoms with Gasteiger partial charge < -0.3 is 11.6 Å². The molecule has 0 bridgehead atoms. The summed E-state index contributed by atoms with van der Waals surface area (Å²) in [6, 6.07) is 0. The van der Waals surface area contributed by atoms with Gasteiger partial charge in [-0.05, 0) is 0 Å². The molecule has 0 saturated carbocycles. The van der Waals surface area contributed by atoms with Crippen LogP contribution in [0.1, 0.15) is 1.43 Å². The number of carbonyl (C=O) groups is 1. The number of carboxylic acid groups (broad SMARTS) is 2. The van der Waals surface area contributed by atoms with Crippen LogP contribution >= 0.6 is 0 Å². The van der Waals surface area contributed by atoms with Crippen molar-refractivity contribution in [1.29, 1.82) is 0 Å². The van der Waals surface area contributed by atoms with Gasteiger partial charge in [0.05, 0.1) is 0 Å². The molecule has 0 aliphatic heterocycles. The molecule has 0 amide bonds. The third-order valence-electron chi connectivity index (χ3n) is 0. The van der Waals surface area contributed by atoms with Gasteiger partial charge in [-0.1, -0.05) is 0 Å². The molecule has 0 saturated heterocycles. The summed E-state index contributed by atoms with van der Waals surface area (Å²) in [6.07, 6.45) is -1.83. The third-order valence-corrected chi connectivity index (χ3v) is 0. The Morgan fingerprint density at radius 1 is 1.43 bits per heavy atom. The SMILES string of the molecule is O=C(O)O.[H-].[Li+].[O]=[W]. The van der Waals surface area contributed by atoms with Gasteiger partial charge in [-0.25, -0.2) is 4.79 Å². The first kappa shape index (κ1) is 15.7. The average molecular weight is 270 g/mol. The van der Waals surface area contributed by atoms with Gasteiger partial charge in [0.1, 0.15) is 0 Å². The Hall–Kier alpha value is 0.356. The summed E-state index contributed by atoms with van der Waals surface area (Å²) in [5.74, 6) is 0. The van der Waals surface area contributed by atoms with Crippen molar-refractivity contribution in [2.75, 3.05) is 0 Å². The maximum atomic E-state index is 8.56. The first-order valence-corrected chi connectivity index (χ1v) is 2.02. The molecular weight excluding hydrogens is 267 g/mol. The molecule has 6 heteroatoms. The zero-order chi connectivity index (χ0) is 5.58. The van der Waals surface area contributed by atoms with E-state index < -0.39 is 6.16 Å². The molecule has 4 nitrogen and oxygen atoms in total. The second kappa shape index (κ2) is 16.2. The summed E-state index contributed by atoms with van der Waals surface area (Å²) in [5, 5.41) is 13.9. The predicted molar refractivity (Wildman–Crippen MR) is 12.5 cm³/mol. The summed E-state index contributed by atoms with van der Waals surface area (Å²) in [6.45, 7) is 0. The van der Waals surface area contributed by atoms with Crippen molar-refractivity contribution in [2.45, 2.75) is 0 Å². The summed E-state index contributed by atoms with van der Waals surface area (Å²) in [7, 11) is 0. The van der Waals surface area contributed by atoms with Crippen LogP contribution in [-0.2, 0) is 23.2 Å². The van der Waals surface area contributed by atoms with E-state index in [-0.39, 0.29) is 20.3 Å². The minimum absolute atomic E-state index is 0. The molecule has 7 heavy (non-hydrogen) atoms. The summed E-state index contributed by atoms with van der Waals surface area (Å²) < 4.78 is 8.33. The quantitative estimate of drug-likeness (QED) is 0.467. The molecule has 0 fully saturated rings. The number of hydrogen-bond acceptors (Lipinski definition) is 2. The van der Waals surface area contributed by atoms with Crippen LogP contribution < -0.4 is 18.9 Å². The molecule has 0 spiro atoms. The zero-order valence-electron chi connectivity index (χ0n) is 4.62. The van der Waals surface area contributed by atoms with Crippen molar-refractivity contribution in [1.82, 2.24) is 0 Å². The van der Waals surface area contributed by atoms with E-state index in [2.05, 4.69) is 0 Å². The van der Waals surface area contributed by atoms with Crippen LogP contribution in [-0.4, -0.2) is 16.4 Å². The van der Waals surface area contributed by atoms with Crippen molar-refractivity contribution in [3.8, 4) is 0 Å². The van der Waals surface area contributed by atoms with Crippen LogP contribution in [0.15, 0.2) is 0 Å². The van der Waals surface area contributed by atoms with Crippen LogP contribution in [0, 0.1) is 0 Å². The third kappa shape index (κ3) is 953. The van der Waals surface area contributed by atoms with Gasteiger partial charge in [0.25, 0.3) is 0 Å². The molecule has 0 rings (SSSR count). The molecule has 0 unspecified atom stereocenters. The molecule has 38 valence electrons. The van der Waals surface area contributed by atoms with E-state index in [1.165, 1.54) is 0 Å². The molecule has 2 N–H and O–H groups in total. The molecular formula is CH3LiO4W. The molecule has 0 aromatic rings. The van der Waals surface area contributed by atoms with Crippen LogP contribution in [0.2, 0.25) is 0 Å². The summed E-state index contributed by atoms with van der Waals surface area (Å²) >= 11 is 0.333. The fraction of sp³-hybridized carbons (Fsp3) is 0. The van der Waals surface area contributed by atoms with Crippen molar-refractivity contribution >= 4 is 6.16 Å². The van der Waals surface area contributed by atoms with E-state index in [1.807, 2.05) is 0 Å². The van der Waals surface area contributed by atoms with Gasteiger partial charge >= 0.3 is 48.2 Å². The topological polar surface area (TPSA) is 74.6 Å². The number of hydrogen-bond donors (Lipinski definition) is 2. The van der Waals surface area contributed by atoms with Crippen molar-refractivity contribution in [3.63, 3.8) is 0 Å². The Kier molecular flexibility index (Phi) is 36.2.